The molecule has 0 aliphatic heterocycles. The maximum atomic E-state index is 11.4. The Labute approximate surface area is 149 Å². The minimum Gasteiger partial charge on any atom is -0.328 e. The zero-order chi connectivity index (χ0) is 18.1. The first-order valence-corrected chi connectivity index (χ1v) is 8.50. The summed E-state index contributed by atoms with van der Waals surface area (Å²) in [7, 11) is 0. The molecule has 4 rings (SSSR count). The number of carbonyl (C=O) groups excluding carboxylic acids is 1. The van der Waals surface area contributed by atoms with Crippen LogP contribution in [0, 0.1) is 0 Å². The Morgan fingerprint density at radius 3 is 2.73 bits per heavy atom. The molecule has 1 aliphatic carbocycles. The van der Waals surface area contributed by atoms with Gasteiger partial charge in [-0.1, -0.05) is 17.7 Å². The van der Waals surface area contributed by atoms with Gasteiger partial charge in [0.2, 0.25) is 0 Å². The summed E-state index contributed by atoms with van der Waals surface area (Å²) in [5.41, 5.74) is 4.45. The molecular formula is C20H18N4O2. The number of rotatable bonds is 4. The highest BCUT2D eigenvalue weighted by molar-refractivity contribution is 5.93. The van der Waals surface area contributed by atoms with Gasteiger partial charge >= 0.3 is 5.69 Å². The summed E-state index contributed by atoms with van der Waals surface area (Å²) in [5.74, 6) is 0.151. The molecule has 0 fully saturated rings. The second kappa shape index (κ2) is 6.55. The molecule has 0 bridgehead atoms. The first kappa shape index (κ1) is 16.2. The monoisotopic (exact) mass is 346 g/mol. The first-order valence-electron chi connectivity index (χ1n) is 8.50. The van der Waals surface area contributed by atoms with Crippen LogP contribution < -0.4 is 5.69 Å². The molecule has 0 spiro atoms. The van der Waals surface area contributed by atoms with Crippen LogP contribution in [-0.4, -0.2) is 25.3 Å². The van der Waals surface area contributed by atoms with E-state index in [2.05, 4.69) is 19.5 Å². The van der Waals surface area contributed by atoms with Crippen molar-refractivity contribution in [2.75, 3.05) is 0 Å². The van der Waals surface area contributed by atoms with E-state index in [-0.39, 0.29) is 11.5 Å². The van der Waals surface area contributed by atoms with Crippen LogP contribution in [-0.2, 0) is 11.3 Å². The largest absolute Gasteiger partial charge is 0.344 e. The van der Waals surface area contributed by atoms with Crippen molar-refractivity contribution in [3.05, 3.63) is 70.7 Å². The fourth-order valence-corrected chi connectivity index (χ4v) is 3.19. The minimum absolute atomic E-state index is 0.151. The maximum absolute atomic E-state index is 11.4. The average Bonchev–Trinajstić information content (AvgIpc) is 3.05. The number of aromatic nitrogens is 4. The molecule has 0 unspecified atom stereocenters. The lowest BCUT2D eigenvalue weighted by molar-refractivity contribution is -0.113. The van der Waals surface area contributed by atoms with Crippen molar-refractivity contribution in [2.45, 2.75) is 26.3 Å². The lowest BCUT2D eigenvalue weighted by Gasteiger charge is -2.14. The van der Waals surface area contributed by atoms with Crippen LogP contribution in [0.3, 0.4) is 0 Å². The van der Waals surface area contributed by atoms with E-state index < -0.39 is 0 Å². The highest BCUT2D eigenvalue weighted by Crippen LogP contribution is 2.25. The van der Waals surface area contributed by atoms with E-state index in [9.17, 15) is 9.59 Å². The van der Waals surface area contributed by atoms with Crippen molar-refractivity contribution in [2.24, 2.45) is 0 Å². The maximum Gasteiger partial charge on any atom is 0.344 e. The summed E-state index contributed by atoms with van der Waals surface area (Å²) in [5, 5.41) is 1.03. The van der Waals surface area contributed by atoms with Gasteiger partial charge in [0, 0.05) is 47.8 Å². The highest BCUT2D eigenvalue weighted by atomic mass is 16.1. The van der Waals surface area contributed by atoms with Crippen LogP contribution in [0.2, 0.25) is 0 Å². The van der Waals surface area contributed by atoms with E-state index in [1.807, 2.05) is 30.5 Å². The molecule has 130 valence electrons. The standard InChI is InChI=1S/C20H18N4O2/c1-13(25)15-4-2-14(3-5-15)12-24-7-6-16-8-17(9-21-19(16)24)18-10-22-20(26)23-11-18/h2,4,6-11H,3,5,12H2,1H3,(H,22,23,26). The smallest absolute Gasteiger partial charge is 0.328 e. The molecule has 0 atom stereocenters. The molecule has 6 nitrogen and oxygen atoms in total. The van der Waals surface area contributed by atoms with Crippen LogP contribution >= 0.6 is 0 Å². The van der Waals surface area contributed by atoms with Crippen LogP contribution in [0.4, 0.5) is 0 Å². The molecule has 3 aromatic rings. The molecule has 26 heavy (non-hydrogen) atoms. The van der Waals surface area contributed by atoms with Crippen molar-refractivity contribution < 1.29 is 4.79 Å². The number of hydrogen-bond acceptors (Lipinski definition) is 4. The zero-order valence-corrected chi connectivity index (χ0v) is 14.4. The highest BCUT2D eigenvalue weighted by Gasteiger charge is 2.12. The molecule has 0 aromatic carbocycles. The van der Waals surface area contributed by atoms with E-state index in [4.69, 9.17) is 0 Å². The van der Waals surface area contributed by atoms with Gasteiger partial charge in [-0.25, -0.2) is 14.8 Å². The van der Waals surface area contributed by atoms with Crippen LogP contribution in [0.15, 0.2) is 65.0 Å². The minimum atomic E-state index is -0.364. The van der Waals surface area contributed by atoms with E-state index in [1.165, 1.54) is 5.57 Å². The fraction of sp³-hybridized carbons (Fsp3) is 0.200. The Hall–Kier alpha value is -3.28. The molecule has 3 aromatic heterocycles. The van der Waals surface area contributed by atoms with Crippen LogP contribution in [0.25, 0.3) is 22.2 Å². The van der Waals surface area contributed by atoms with Gasteiger partial charge < -0.3 is 9.55 Å². The van der Waals surface area contributed by atoms with Gasteiger partial charge in [-0.2, -0.15) is 0 Å². The fourth-order valence-electron chi connectivity index (χ4n) is 3.19. The third-order valence-electron chi connectivity index (χ3n) is 4.67. The summed E-state index contributed by atoms with van der Waals surface area (Å²) < 4.78 is 2.11. The van der Waals surface area contributed by atoms with Gasteiger partial charge in [-0.15, -0.1) is 0 Å². The van der Waals surface area contributed by atoms with Gasteiger partial charge in [0.25, 0.3) is 0 Å². The zero-order valence-electron chi connectivity index (χ0n) is 14.4. The van der Waals surface area contributed by atoms with E-state index in [0.29, 0.717) is 0 Å². The SMILES string of the molecule is CC(=O)C1=CC=C(Cn2ccc3cc(-c4cnc(=O)[nH]c4)cnc32)CC1. The second-order valence-corrected chi connectivity index (χ2v) is 6.46. The second-order valence-electron chi connectivity index (χ2n) is 6.46. The molecule has 0 saturated heterocycles. The number of pyridine rings is 1. The van der Waals surface area contributed by atoms with Crippen LogP contribution in [0.1, 0.15) is 19.8 Å². The quantitative estimate of drug-likeness (QED) is 0.787. The van der Waals surface area contributed by atoms with Gasteiger partial charge in [-0.3, -0.25) is 4.79 Å². The summed E-state index contributed by atoms with van der Waals surface area (Å²) >= 11 is 0. The lowest BCUT2D eigenvalue weighted by Crippen LogP contribution is -2.08. The molecule has 1 aliphatic rings. The van der Waals surface area contributed by atoms with E-state index >= 15 is 0 Å². The molecule has 6 heteroatoms. The molecule has 1 N–H and O–H groups in total. The Morgan fingerprint density at radius 2 is 2.04 bits per heavy atom. The van der Waals surface area contributed by atoms with Crippen molar-refractivity contribution in [1.29, 1.82) is 0 Å². The number of carbonyl (C=O) groups is 1. The summed E-state index contributed by atoms with van der Waals surface area (Å²) in [6.07, 6.45) is 12.7. The normalized spacial score (nSPS) is 14.2. The summed E-state index contributed by atoms with van der Waals surface area (Å²) in [6, 6.07) is 4.07. The third kappa shape index (κ3) is 3.13. The number of allylic oxidation sites excluding steroid dienone is 4. The third-order valence-corrected chi connectivity index (χ3v) is 4.67. The summed E-state index contributed by atoms with van der Waals surface area (Å²) in [4.78, 5) is 33.5. The lowest BCUT2D eigenvalue weighted by atomic mass is 9.96. The Morgan fingerprint density at radius 1 is 1.19 bits per heavy atom. The Kier molecular flexibility index (Phi) is 4.08. The molecule has 0 amide bonds. The Balaban J connectivity index is 1.61. The van der Waals surface area contributed by atoms with Gasteiger partial charge in [0.15, 0.2) is 5.78 Å². The predicted molar refractivity (Wildman–Crippen MR) is 99.7 cm³/mol. The molecule has 3 heterocycles. The number of H-pyrrole nitrogens is 1. The number of hydrogen-bond donors (Lipinski definition) is 1. The van der Waals surface area contributed by atoms with Gasteiger partial charge in [0.05, 0.1) is 0 Å². The first-order chi connectivity index (χ1) is 12.6. The summed E-state index contributed by atoms with van der Waals surface area (Å²) in [6.45, 7) is 2.38. The number of Topliss-reactive ketones (excluding diaryl/α,β-unsaturated/α-hetero) is 1. The molecular weight excluding hydrogens is 328 g/mol. The van der Waals surface area contributed by atoms with Crippen molar-refractivity contribution in [1.82, 2.24) is 19.5 Å². The van der Waals surface area contributed by atoms with E-state index in [1.54, 1.807) is 25.5 Å². The molecule has 0 radical (unpaired) electrons. The topological polar surface area (TPSA) is 80.6 Å². The Bertz CT molecular complexity index is 1100. The van der Waals surface area contributed by atoms with Gasteiger partial charge in [0.1, 0.15) is 5.65 Å². The number of nitrogens with one attached hydrogen (secondary N) is 1. The number of nitrogens with zero attached hydrogens (tertiary/aromatic N) is 3. The van der Waals surface area contributed by atoms with Crippen molar-refractivity contribution >= 4 is 16.8 Å². The van der Waals surface area contributed by atoms with E-state index in [0.717, 1.165) is 47.1 Å². The average molecular weight is 346 g/mol. The molecule has 0 saturated carbocycles. The predicted octanol–water partition coefficient (Wildman–Crippen LogP) is 3.02. The van der Waals surface area contributed by atoms with Crippen molar-refractivity contribution in [3.8, 4) is 11.1 Å². The number of aromatic amines is 1. The van der Waals surface area contributed by atoms with Gasteiger partial charge in [-0.05, 0) is 37.5 Å². The number of fused-ring (bicyclic) bond motifs is 1. The van der Waals surface area contributed by atoms with Crippen LogP contribution in [0.5, 0.6) is 0 Å². The van der Waals surface area contributed by atoms with Crippen molar-refractivity contribution in [3.63, 3.8) is 0 Å². The number of ketones is 1.